The number of carboxylic acid groups (broad SMARTS) is 1. The number of nitrogens with zero attached hydrogens (tertiary/aromatic N) is 2. The highest BCUT2D eigenvalue weighted by molar-refractivity contribution is 9.10. The minimum atomic E-state index is -0.813. The summed E-state index contributed by atoms with van der Waals surface area (Å²) in [7, 11) is 0. The first-order valence-corrected chi connectivity index (χ1v) is 6.89. The maximum atomic E-state index is 11.4. The normalized spacial score (nSPS) is 12.3. The molecule has 0 aliphatic carbocycles. The third-order valence-electron chi connectivity index (χ3n) is 3.02. The molecule has 1 N–H and O–H groups in total. The van der Waals surface area contributed by atoms with Crippen molar-refractivity contribution in [2.24, 2.45) is 0 Å². The first-order chi connectivity index (χ1) is 9.10. The first-order valence-electron chi connectivity index (χ1n) is 6.09. The molecule has 0 fully saturated rings. The van der Waals surface area contributed by atoms with Gasteiger partial charge in [0.25, 0.3) is 0 Å². The molecule has 1 heterocycles. The van der Waals surface area contributed by atoms with Crippen molar-refractivity contribution >= 4 is 21.9 Å². The van der Waals surface area contributed by atoms with Crippen LogP contribution in [-0.2, 0) is 17.8 Å². The van der Waals surface area contributed by atoms with Gasteiger partial charge < -0.3 is 5.11 Å². The van der Waals surface area contributed by atoms with E-state index >= 15 is 0 Å². The van der Waals surface area contributed by atoms with Crippen molar-refractivity contribution in [1.29, 1.82) is 0 Å². The van der Waals surface area contributed by atoms with Crippen molar-refractivity contribution < 1.29 is 9.90 Å². The van der Waals surface area contributed by atoms with Gasteiger partial charge in [-0.2, -0.15) is 5.10 Å². The third kappa shape index (κ3) is 3.44. The van der Waals surface area contributed by atoms with Gasteiger partial charge in [0.05, 0.1) is 12.1 Å². The Hall–Kier alpha value is -1.62. The van der Waals surface area contributed by atoms with Gasteiger partial charge in [-0.3, -0.25) is 9.48 Å². The van der Waals surface area contributed by atoms with Crippen LogP contribution in [0.25, 0.3) is 0 Å². The molecule has 1 atom stereocenters. The highest BCUT2D eigenvalue weighted by Crippen LogP contribution is 2.23. The molecule has 0 radical (unpaired) electrons. The van der Waals surface area contributed by atoms with Crippen LogP contribution in [0.5, 0.6) is 0 Å². The Bertz CT molecular complexity index is 563. The van der Waals surface area contributed by atoms with Crippen LogP contribution >= 0.6 is 15.9 Å². The van der Waals surface area contributed by atoms with Crippen LogP contribution in [0.2, 0.25) is 0 Å². The number of aliphatic carboxylic acids is 1. The minimum Gasteiger partial charge on any atom is -0.481 e. The van der Waals surface area contributed by atoms with Gasteiger partial charge >= 0.3 is 5.97 Å². The molecule has 2 rings (SSSR count). The molecule has 0 aliphatic heterocycles. The number of carbonyl (C=O) groups is 1. The molecule has 0 aliphatic rings. The zero-order valence-corrected chi connectivity index (χ0v) is 12.2. The molecule has 0 amide bonds. The SMILES string of the molecule is CCn1cc(CC(C(=O)O)c2ccc(Br)cc2)cn1. The second-order valence-electron chi connectivity index (χ2n) is 4.35. The van der Waals surface area contributed by atoms with Gasteiger partial charge in [-0.05, 0) is 36.6 Å². The molecule has 2 aromatic rings. The summed E-state index contributed by atoms with van der Waals surface area (Å²) in [6.07, 6.45) is 4.09. The summed E-state index contributed by atoms with van der Waals surface area (Å²) in [5, 5.41) is 13.6. The van der Waals surface area contributed by atoms with Gasteiger partial charge in [0.2, 0.25) is 0 Å². The topological polar surface area (TPSA) is 55.1 Å². The van der Waals surface area contributed by atoms with Crippen molar-refractivity contribution in [3.63, 3.8) is 0 Å². The van der Waals surface area contributed by atoms with E-state index in [1.807, 2.05) is 37.4 Å². The van der Waals surface area contributed by atoms with E-state index in [2.05, 4.69) is 21.0 Å². The monoisotopic (exact) mass is 322 g/mol. The Balaban J connectivity index is 2.21. The van der Waals surface area contributed by atoms with E-state index in [0.29, 0.717) is 6.42 Å². The first kappa shape index (κ1) is 13.8. The van der Waals surface area contributed by atoms with E-state index in [-0.39, 0.29) is 0 Å². The van der Waals surface area contributed by atoms with Gasteiger partial charge in [0, 0.05) is 17.2 Å². The summed E-state index contributed by atoms with van der Waals surface area (Å²) in [5.41, 5.74) is 1.75. The molecule has 1 aromatic heterocycles. The number of aromatic nitrogens is 2. The Morgan fingerprint density at radius 3 is 2.63 bits per heavy atom. The second kappa shape index (κ2) is 6.02. The van der Waals surface area contributed by atoms with Crippen molar-refractivity contribution in [2.75, 3.05) is 0 Å². The van der Waals surface area contributed by atoms with Gasteiger partial charge in [-0.25, -0.2) is 0 Å². The maximum absolute atomic E-state index is 11.4. The lowest BCUT2D eigenvalue weighted by atomic mass is 9.93. The van der Waals surface area contributed by atoms with Gasteiger partial charge in [0.1, 0.15) is 0 Å². The van der Waals surface area contributed by atoms with Crippen LogP contribution in [0.3, 0.4) is 0 Å². The summed E-state index contributed by atoms with van der Waals surface area (Å²) in [6, 6.07) is 7.40. The number of aryl methyl sites for hydroxylation is 1. The third-order valence-corrected chi connectivity index (χ3v) is 3.55. The lowest BCUT2D eigenvalue weighted by Crippen LogP contribution is -2.14. The van der Waals surface area contributed by atoms with Crippen molar-refractivity contribution in [3.8, 4) is 0 Å². The number of halogens is 1. The number of hydrogen-bond donors (Lipinski definition) is 1. The fraction of sp³-hybridized carbons (Fsp3) is 0.286. The molecule has 0 saturated carbocycles. The van der Waals surface area contributed by atoms with E-state index < -0.39 is 11.9 Å². The standard InChI is InChI=1S/C14H15BrN2O2/c1-2-17-9-10(8-16-17)7-13(14(18)19)11-3-5-12(15)6-4-11/h3-6,8-9,13H,2,7H2,1H3,(H,18,19). The maximum Gasteiger partial charge on any atom is 0.311 e. The fourth-order valence-corrected chi connectivity index (χ4v) is 2.23. The van der Waals surface area contributed by atoms with Crippen LogP contribution in [0.4, 0.5) is 0 Å². The Kier molecular flexibility index (Phi) is 4.37. The van der Waals surface area contributed by atoms with Crippen LogP contribution in [0, 0.1) is 0 Å². The summed E-state index contributed by atoms with van der Waals surface area (Å²) in [4.78, 5) is 11.4. The predicted octanol–water partition coefficient (Wildman–Crippen LogP) is 3.08. The van der Waals surface area contributed by atoms with Crippen molar-refractivity contribution in [2.45, 2.75) is 25.8 Å². The van der Waals surface area contributed by atoms with Crippen molar-refractivity contribution in [1.82, 2.24) is 9.78 Å². The minimum absolute atomic E-state index is 0.455. The Labute approximate surface area is 120 Å². The van der Waals surface area contributed by atoms with Gasteiger partial charge in [0.15, 0.2) is 0 Å². The molecule has 1 aromatic carbocycles. The number of carboxylic acids is 1. The zero-order valence-electron chi connectivity index (χ0n) is 10.6. The van der Waals surface area contributed by atoms with Gasteiger partial charge in [-0.15, -0.1) is 0 Å². The lowest BCUT2D eigenvalue weighted by Gasteiger charge is -2.11. The molecule has 0 saturated heterocycles. The average molecular weight is 323 g/mol. The highest BCUT2D eigenvalue weighted by Gasteiger charge is 2.20. The molecule has 0 spiro atoms. The zero-order chi connectivity index (χ0) is 13.8. The van der Waals surface area contributed by atoms with E-state index in [9.17, 15) is 9.90 Å². The quantitative estimate of drug-likeness (QED) is 0.920. The molecule has 0 bridgehead atoms. The molecule has 100 valence electrons. The van der Waals surface area contributed by atoms with E-state index in [4.69, 9.17) is 0 Å². The average Bonchev–Trinajstić information content (AvgIpc) is 2.85. The fourth-order valence-electron chi connectivity index (χ4n) is 1.96. The molecule has 19 heavy (non-hydrogen) atoms. The summed E-state index contributed by atoms with van der Waals surface area (Å²) in [5.74, 6) is -1.35. The summed E-state index contributed by atoms with van der Waals surface area (Å²) < 4.78 is 2.75. The molecular formula is C14H15BrN2O2. The number of rotatable bonds is 5. The van der Waals surface area contributed by atoms with Crippen LogP contribution in [0.15, 0.2) is 41.1 Å². The second-order valence-corrected chi connectivity index (χ2v) is 5.27. The molecular weight excluding hydrogens is 308 g/mol. The summed E-state index contributed by atoms with van der Waals surface area (Å²) >= 11 is 3.35. The van der Waals surface area contributed by atoms with E-state index in [1.165, 1.54) is 0 Å². The summed E-state index contributed by atoms with van der Waals surface area (Å²) in [6.45, 7) is 2.79. The number of benzene rings is 1. The molecule has 5 heteroatoms. The Morgan fingerprint density at radius 1 is 1.42 bits per heavy atom. The van der Waals surface area contributed by atoms with E-state index in [0.717, 1.165) is 22.1 Å². The van der Waals surface area contributed by atoms with Crippen LogP contribution in [0.1, 0.15) is 24.0 Å². The Morgan fingerprint density at radius 2 is 2.11 bits per heavy atom. The van der Waals surface area contributed by atoms with E-state index in [1.54, 1.807) is 10.9 Å². The smallest absolute Gasteiger partial charge is 0.311 e. The predicted molar refractivity (Wildman–Crippen MR) is 76.1 cm³/mol. The molecule has 1 unspecified atom stereocenters. The van der Waals surface area contributed by atoms with Crippen LogP contribution in [-0.4, -0.2) is 20.9 Å². The highest BCUT2D eigenvalue weighted by atomic mass is 79.9. The largest absolute Gasteiger partial charge is 0.481 e. The van der Waals surface area contributed by atoms with Crippen LogP contribution < -0.4 is 0 Å². The van der Waals surface area contributed by atoms with Gasteiger partial charge in [-0.1, -0.05) is 28.1 Å². The lowest BCUT2D eigenvalue weighted by molar-refractivity contribution is -0.138. The number of hydrogen-bond acceptors (Lipinski definition) is 2. The van der Waals surface area contributed by atoms with Crippen molar-refractivity contribution in [3.05, 3.63) is 52.3 Å². The molecule has 4 nitrogen and oxygen atoms in total.